The van der Waals surface area contributed by atoms with Gasteiger partial charge in [-0.25, -0.2) is 18.4 Å². The average molecular weight is 625 g/mol. The number of urea groups is 1. The van der Waals surface area contributed by atoms with Crippen LogP contribution >= 0.6 is 11.6 Å². The van der Waals surface area contributed by atoms with Crippen LogP contribution in [0.5, 0.6) is 5.75 Å². The molecule has 42 heavy (non-hydrogen) atoms. The molecule has 6 N–H and O–H groups in total. The highest BCUT2D eigenvalue weighted by Crippen LogP contribution is 2.35. The van der Waals surface area contributed by atoms with Gasteiger partial charge in [-0.15, -0.1) is 4.48 Å². The number of nitrogens with one attached hydrogen (secondary N) is 2. The van der Waals surface area contributed by atoms with Gasteiger partial charge in [0.1, 0.15) is 29.4 Å². The van der Waals surface area contributed by atoms with Crippen LogP contribution in [0, 0.1) is 0 Å². The lowest BCUT2D eigenvalue weighted by Crippen LogP contribution is -2.63. The predicted molar refractivity (Wildman–Crippen MR) is 150 cm³/mol. The van der Waals surface area contributed by atoms with Gasteiger partial charge in [0.05, 0.1) is 22.7 Å². The standard InChI is InChI=1S/C26H30ClN5O9S/c1-3-31(8-7-22(33)34)25(36)32(26(37)38)13-17(9-14(32)2)41-16-6-4-5-15(10-16)23-29-20-12-19(27)21(42(28,39)40)11-18(20)24(35)30-23/h4-6,10-12,14,17,23H,3,7-9,13H2,1-2H3,(H5-,28,29,30,33,34,35,37,38,39,40)/p+1/t14-,17-,23?,32-/m1/s1. The van der Waals surface area contributed by atoms with Gasteiger partial charge in [0.2, 0.25) is 10.0 Å². The zero-order valence-corrected chi connectivity index (χ0v) is 24.3. The monoisotopic (exact) mass is 624 g/mol. The summed E-state index contributed by atoms with van der Waals surface area (Å²) in [6.07, 6.45) is -2.81. The molecule has 2 aliphatic rings. The number of rotatable bonds is 8. The molecule has 2 heterocycles. The summed E-state index contributed by atoms with van der Waals surface area (Å²) in [6.45, 7) is 3.16. The van der Waals surface area contributed by atoms with Crippen molar-refractivity contribution in [1.29, 1.82) is 0 Å². The van der Waals surface area contributed by atoms with E-state index in [2.05, 4.69) is 10.6 Å². The second kappa shape index (κ2) is 11.8. The third-order valence-corrected chi connectivity index (χ3v) is 8.85. The van der Waals surface area contributed by atoms with Gasteiger partial charge in [0.25, 0.3) is 5.91 Å². The van der Waals surface area contributed by atoms with Crippen molar-refractivity contribution in [2.45, 2.75) is 49.9 Å². The molecule has 1 fully saturated rings. The maximum Gasteiger partial charge on any atom is 0.523 e. The zero-order chi connectivity index (χ0) is 31.0. The van der Waals surface area contributed by atoms with Gasteiger partial charge in [-0.2, -0.15) is 4.79 Å². The van der Waals surface area contributed by atoms with Crippen molar-refractivity contribution >= 4 is 51.3 Å². The lowest BCUT2D eigenvalue weighted by Gasteiger charge is -2.33. The number of aliphatic carboxylic acids is 1. The van der Waals surface area contributed by atoms with E-state index >= 15 is 0 Å². The molecule has 0 bridgehead atoms. The first-order valence-corrected chi connectivity index (χ1v) is 14.9. The zero-order valence-electron chi connectivity index (χ0n) is 22.7. The van der Waals surface area contributed by atoms with Crippen LogP contribution in [0.2, 0.25) is 5.02 Å². The summed E-state index contributed by atoms with van der Waals surface area (Å²) >= 11 is 6.10. The van der Waals surface area contributed by atoms with E-state index in [9.17, 15) is 32.7 Å². The third kappa shape index (κ3) is 5.99. The summed E-state index contributed by atoms with van der Waals surface area (Å²) < 4.78 is 28.8. The Balaban J connectivity index is 1.53. The smallest absolute Gasteiger partial charge is 0.484 e. The highest BCUT2D eigenvalue weighted by molar-refractivity contribution is 7.89. The van der Waals surface area contributed by atoms with E-state index in [4.69, 9.17) is 26.6 Å². The molecular formula is C26H31ClN5O9S+. The van der Waals surface area contributed by atoms with Crippen molar-refractivity contribution in [3.63, 3.8) is 0 Å². The maximum absolute atomic E-state index is 13.4. The fraction of sp³-hybridized carbons (Fsp3) is 0.385. The number of carboxylic acid groups (broad SMARTS) is 2. The minimum absolute atomic E-state index is 0.0453. The minimum Gasteiger partial charge on any atom is -0.484 e. The second-order valence-electron chi connectivity index (χ2n) is 10.2. The van der Waals surface area contributed by atoms with Gasteiger partial charge in [0, 0.05) is 19.5 Å². The van der Waals surface area contributed by atoms with Gasteiger partial charge in [0.15, 0.2) is 6.10 Å². The van der Waals surface area contributed by atoms with E-state index in [-0.39, 0.29) is 48.0 Å². The molecule has 4 amide bonds. The van der Waals surface area contributed by atoms with Crippen LogP contribution in [0.4, 0.5) is 15.3 Å². The summed E-state index contributed by atoms with van der Waals surface area (Å²) in [5.74, 6) is -1.29. The Labute approximate surface area is 246 Å². The molecule has 2 aromatic rings. The number of nitrogens with zero attached hydrogens (tertiary/aromatic N) is 2. The quantitative estimate of drug-likeness (QED) is 0.271. The number of likely N-dealkylation sites (tertiary alicyclic amines) is 1. The Bertz CT molecular complexity index is 1550. The van der Waals surface area contributed by atoms with Gasteiger partial charge in [-0.1, -0.05) is 23.7 Å². The third-order valence-electron chi connectivity index (χ3n) is 7.47. The largest absolute Gasteiger partial charge is 0.523 e. The summed E-state index contributed by atoms with van der Waals surface area (Å²) in [5.41, 5.74) is 0.913. The molecule has 2 aliphatic heterocycles. The highest BCUT2D eigenvalue weighted by atomic mass is 35.5. The average Bonchev–Trinajstić information content (AvgIpc) is 3.24. The van der Waals surface area contributed by atoms with Crippen molar-refractivity contribution in [3.8, 4) is 5.75 Å². The summed E-state index contributed by atoms with van der Waals surface area (Å²) in [7, 11) is -4.15. The number of ether oxygens (including phenoxy) is 1. The number of nitrogens with two attached hydrogens (primary N) is 1. The van der Waals surface area contributed by atoms with Crippen LogP contribution in [-0.4, -0.2) is 83.8 Å². The molecule has 0 saturated carbocycles. The van der Waals surface area contributed by atoms with Crippen molar-refractivity contribution in [1.82, 2.24) is 10.2 Å². The summed E-state index contributed by atoms with van der Waals surface area (Å²) in [5, 5.41) is 30.1. The normalized spacial score (nSPS) is 23.3. The molecule has 16 heteroatoms. The first-order valence-electron chi connectivity index (χ1n) is 13.0. The predicted octanol–water partition coefficient (Wildman–Crippen LogP) is 2.79. The van der Waals surface area contributed by atoms with Crippen LogP contribution in [0.25, 0.3) is 0 Å². The molecule has 0 radical (unpaired) electrons. The Morgan fingerprint density at radius 2 is 1.90 bits per heavy atom. The SMILES string of the molecule is CCN(CCC(=O)O)C(=O)[N@@+]1(C(=O)O)C[C@H](Oc2cccc(C3NC(=O)c4cc(S(N)(=O)=O)c(Cl)cc4N3)c2)C[C@H]1C. The van der Waals surface area contributed by atoms with Gasteiger partial charge < -0.3 is 25.6 Å². The molecule has 1 saturated heterocycles. The molecule has 4 atom stereocenters. The van der Waals surface area contributed by atoms with Crippen LogP contribution in [0.15, 0.2) is 41.3 Å². The number of carbonyl (C=O) groups excluding carboxylic acids is 2. The summed E-state index contributed by atoms with van der Waals surface area (Å²) in [4.78, 5) is 50.6. The van der Waals surface area contributed by atoms with E-state index in [0.717, 1.165) is 6.07 Å². The number of hydrogen-bond acceptors (Lipinski definition) is 8. The van der Waals surface area contributed by atoms with Gasteiger partial charge in [-0.05, 0) is 43.7 Å². The van der Waals surface area contributed by atoms with Crippen molar-refractivity contribution in [2.24, 2.45) is 5.14 Å². The Morgan fingerprint density at radius 3 is 2.52 bits per heavy atom. The van der Waals surface area contributed by atoms with Gasteiger partial charge in [-0.3, -0.25) is 14.5 Å². The number of anilines is 1. The number of benzene rings is 2. The Hall–Kier alpha value is -3.92. The minimum atomic E-state index is -4.15. The molecule has 2 aromatic carbocycles. The lowest BCUT2D eigenvalue weighted by molar-refractivity contribution is -0.792. The van der Waals surface area contributed by atoms with E-state index in [1.807, 2.05) is 0 Å². The molecule has 0 aromatic heterocycles. The van der Waals surface area contributed by atoms with Gasteiger partial charge >= 0.3 is 18.1 Å². The second-order valence-corrected chi connectivity index (χ2v) is 12.1. The van der Waals surface area contributed by atoms with Crippen molar-refractivity contribution in [3.05, 3.63) is 52.5 Å². The Kier molecular flexibility index (Phi) is 8.68. The van der Waals surface area contributed by atoms with Crippen molar-refractivity contribution in [2.75, 3.05) is 25.0 Å². The molecule has 14 nitrogen and oxygen atoms in total. The highest BCUT2D eigenvalue weighted by Gasteiger charge is 2.59. The maximum atomic E-state index is 13.4. The number of quaternary nitrogens is 1. The fourth-order valence-corrected chi connectivity index (χ4v) is 6.41. The van der Waals surface area contributed by atoms with Crippen LogP contribution in [-0.2, 0) is 14.8 Å². The molecular weight excluding hydrogens is 594 g/mol. The fourth-order valence-electron chi connectivity index (χ4n) is 5.31. The van der Waals surface area contributed by atoms with Crippen molar-refractivity contribution < 1.29 is 47.0 Å². The van der Waals surface area contributed by atoms with E-state index < -0.39 is 56.8 Å². The number of imide groups is 1. The summed E-state index contributed by atoms with van der Waals surface area (Å²) in [6, 6.07) is 7.76. The molecule has 1 unspecified atom stereocenters. The molecule has 0 aliphatic carbocycles. The number of sulfonamides is 1. The lowest BCUT2D eigenvalue weighted by atomic mass is 10.1. The number of hydrogen-bond donors (Lipinski definition) is 5. The molecule has 4 rings (SSSR count). The number of fused-ring (bicyclic) bond motifs is 1. The van der Waals surface area contributed by atoms with E-state index in [0.29, 0.717) is 17.0 Å². The number of amides is 4. The van der Waals surface area contributed by atoms with Crippen LogP contribution < -0.4 is 20.5 Å². The van der Waals surface area contributed by atoms with E-state index in [1.54, 1.807) is 38.1 Å². The Morgan fingerprint density at radius 1 is 1.19 bits per heavy atom. The first kappa shape index (κ1) is 31.0. The number of primary sulfonamides is 1. The number of halogens is 1. The number of carboxylic acids is 1. The van der Waals surface area contributed by atoms with Crippen LogP contribution in [0.3, 0.4) is 0 Å². The molecule has 226 valence electrons. The number of carbonyl (C=O) groups is 4. The van der Waals surface area contributed by atoms with Crippen LogP contribution in [0.1, 0.15) is 48.8 Å². The first-order chi connectivity index (χ1) is 19.7. The topological polar surface area (TPSA) is 205 Å². The van der Waals surface area contributed by atoms with E-state index in [1.165, 1.54) is 11.0 Å². The molecule has 0 spiro atoms.